The van der Waals surface area contributed by atoms with Crippen molar-refractivity contribution < 1.29 is 9.47 Å². The van der Waals surface area contributed by atoms with Crippen LogP contribution in [-0.2, 0) is 0 Å². The van der Waals surface area contributed by atoms with Gasteiger partial charge < -0.3 is 15.2 Å². The molecule has 0 aliphatic rings. The van der Waals surface area contributed by atoms with Crippen molar-refractivity contribution in [3.63, 3.8) is 0 Å². The summed E-state index contributed by atoms with van der Waals surface area (Å²) < 4.78 is 11.1. The van der Waals surface area contributed by atoms with Crippen LogP contribution in [0.1, 0.15) is 32.4 Å². The smallest absolute Gasteiger partial charge is 0.161 e. The maximum absolute atomic E-state index is 8.78. The van der Waals surface area contributed by atoms with Crippen LogP contribution in [0.2, 0.25) is 0 Å². The number of rotatable bonds is 5. The SMILES string of the molecule is CCOc1cc([C@@H](N)C#N)ccc1OC(C)C. The van der Waals surface area contributed by atoms with Crippen molar-refractivity contribution in [2.24, 2.45) is 5.73 Å². The summed E-state index contributed by atoms with van der Waals surface area (Å²) in [6, 6.07) is 6.69. The number of nitrogens with two attached hydrogens (primary N) is 1. The molecule has 1 rings (SSSR count). The normalized spacial score (nSPS) is 12.0. The maximum atomic E-state index is 8.78. The minimum atomic E-state index is -0.637. The Labute approximate surface area is 102 Å². The van der Waals surface area contributed by atoms with E-state index in [1.807, 2.05) is 26.8 Å². The van der Waals surface area contributed by atoms with Crippen LogP contribution >= 0.6 is 0 Å². The van der Waals surface area contributed by atoms with E-state index >= 15 is 0 Å². The topological polar surface area (TPSA) is 68.3 Å². The second-order valence-corrected chi connectivity index (χ2v) is 3.91. The molecule has 92 valence electrons. The van der Waals surface area contributed by atoms with Crippen LogP contribution in [0.4, 0.5) is 0 Å². The third kappa shape index (κ3) is 3.65. The molecule has 0 bridgehead atoms. The van der Waals surface area contributed by atoms with Gasteiger partial charge in [-0.3, -0.25) is 0 Å². The molecule has 0 saturated carbocycles. The second-order valence-electron chi connectivity index (χ2n) is 3.91. The molecular formula is C13H18N2O2. The molecule has 0 amide bonds. The predicted molar refractivity (Wildman–Crippen MR) is 65.9 cm³/mol. The largest absolute Gasteiger partial charge is 0.490 e. The van der Waals surface area contributed by atoms with Crippen LogP contribution < -0.4 is 15.2 Å². The zero-order valence-electron chi connectivity index (χ0n) is 10.4. The average molecular weight is 234 g/mol. The summed E-state index contributed by atoms with van der Waals surface area (Å²) in [5.74, 6) is 1.31. The molecule has 2 N–H and O–H groups in total. The maximum Gasteiger partial charge on any atom is 0.161 e. The first-order valence-corrected chi connectivity index (χ1v) is 5.67. The van der Waals surface area contributed by atoms with Crippen molar-refractivity contribution in [3.05, 3.63) is 23.8 Å². The van der Waals surface area contributed by atoms with Crippen LogP contribution in [-0.4, -0.2) is 12.7 Å². The summed E-state index contributed by atoms with van der Waals surface area (Å²) in [5.41, 5.74) is 6.38. The first kappa shape index (κ1) is 13.3. The summed E-state index contributed by atoms with van der Waals surface area (Å²) in [7, 11) is 0. The number of benzene rings is 1. The van der Waals surface area contributed by atoms with Crippen LogP contribution in [0.15, 0.2) is 18.2 Å². The molecule has 1 aromatic rings. The molecular weight excluding hydrogens is 216 g/mol. The molecule has 0 aliphatic heterocycles. The zero-order chi connectivity index (χ0) is 12.8. The van der Waals surface area contributed by atoms with Gasteiger partial charge in [-0.2, -0.15) is 5.26 Å². The van der Waals surface area contributed by atoms with Gasteiger partial charge in [-0.1, -0.05) is 6.07 Å². The van der Waals surface area contributed by atoms with Crippen molar-refractivity contribution in [1.82, 2.24) is 0 Å². The van der Waals surface area contributed by atoms with E-state index in [4.69, 9.17) is 20.5 Å². The fourth-order valence-corrected chi connectivity index (χ4v) is 1.41. The van der Waals surface area contributed by atoms with E-state index in [-0.39, 0.29) is 6.10 Å². The monoisotopic (exact) mass is 234 g/mol. The molecule has 0 spiro atoms. The molecule has 1 atom stereocenters. The average Bonchev–Trinajstić information content (AvgIpc) is 2.30. The summed E-state index contributed by atoms with van der Waals surface area (Å²) in [4.78, 5) is 0. The van der Waals surface area contributed by atoms with Gasteiger partial charge in [-0.15, -0.1) is 0 Å². The molecule has 1 aromatic carbocycles. The Balaban J connectivity index is 3.04. The highest BCUT2D eigenvalue weighted by Gasteiger charge is 2.11. The molecule has 0 saturated heterocycles. The zero-order valence-corrected chi connectivity index (χ0v) is 10.4. The van der Waals surface area contributed by atoms with E-state index in [0.717, 1.165) is 5.56 Å². The summed E-state index contributed by atoms with van der Waals surface area (Å²) in [6.07, 6.45) is 0.0738. The van der Waals surface area contributed by atoms with Gasteiger partial charge in [0.25, 0.3) is 0 Å². The van der Waals surface area contributed by atoms with Gasteiger partial charge in [0.2, 0.25) is 0 Å². The molecule has 0 unspecified atom stereocenters. The van der Waals surface area contributed by atoms with Crippen molar-refractivity contribution in [2.75, 3.05) is 6.61 Å². The van der Waals surface area contributed by atoms with Crippen LogP contribution in [0.25, 0.3) is 0 Å². The Kier molecular flexibility index (Phi) is 4.80. The number of nitrogens with zero attached hydrogens (tertiary/aromatic N) is 1. The van der Waals surface area contributed by atoms with Gasteiger partial charge >= 0.3 is 0 Å². The Bertz CT molecular complexity index is 410. The third-order valence-electron chi connectivity index (χ3n) is 2.13. The van der Waals surface area contributed by atoms with Crippen LogP contribution in [0.5, 0.6) is 11.5 Å². The molecule has 0 aliphatic carbocycles. The lowest BCUT2D eigenvalue weighted by Crippen LogP contribution is -2.10. The summed E-state index contributed by atoms with van der Waals surface area (Å²) in [5, 5.41) is 8.78. The fraction of sp³-hybridized carbons (Fsp3) is 0.462. The number of hydrogen-bond donors (Lipinski definition) is 1. The molecule has 4 heteroatoms. The molecule has 0 fully saturated rings. The molecule has 0 aromatic heterocycles. The van der Waals surface area contributed by atoms with Crippen LogP contribution in [0, 0.1) is 11.3 Å². The number of hydrogen-bond acceptors (Lipinski definition) is 4. The molecule has 0 radical (unpaired) electrons. The lowest BCUT2D eigenvalue weighted by molar-refractivity contribution is 0.223. The molecule has 4 nitrogen and oxygen atoms in total. The van der Waals surface area contributed by atoms with E-state index in [2.05, 4.69) is 0 Å². The quantitative estimate of drug-likeness (QED) is 0.849. The Hall–Kier alpha value is -1.73. The van der Waals surface area contributed by atoms with Crippen molar-refractivity contribution in [2.45, 2.75) is 32.9 Å². The van der Waals surface area contributed by atoms with E-state index in [9.17, 15) is 0 Å². The third-order valence-corrected chi connectivity index (χ3v) is 2.13. The van der Waals surface area contributed by atoms with Gasteiger partial charge in [0.1, 0.15) is 6.04 Å². The fourth-order valence-electron chi connectivity index (χ4n) is 1.41. The van der Waals surface area contributed by atoms with E-state index < -0.39 is 6.04 Å². The summed E-state index contributed by atoms with van der Waals surface area (Å²) >= 11 is 0. The lowest BCUT2D eigenvalue weighted by Gasteiger charge is -2.16. The Morgan fingerprint density at radius 3 is 2.59 bits per heavy atom. The number of ether oxygens (including phenoxy) is 2. The van der Waals surface area contributed by atoms with Crippen molar-refractivity contribution in [1.29, 1.82) is 5.26 Å². The first-order chi connectivity index (χ1) is 8.08. The van der Waals surface area contributed by atoms with Gasteiger partial charge in [-0.05, 0) is 38.5 Å². The van der Waals surface area contributed by atoms with Crippen molar-refractivity contribution >= 4 is 0 Å². The summed E-state index contributed by atoms with van der Waals surface area (Å²) in [6.45, 7) is 6.34. The molecule has 0 heterocycles. The second kappa shape index (κ2) is 6.12. The minimum absolute atomic E-state index is 0.0738. The van der Waals surface area contributed by atoms with Crippen LogP contribution in [0.3, 0.4) is 0 Å². The van der Waals surface area contributed by atoms with Crippen molar-refractivity contribution in [3.8, 4) is 17.6 Å². The van der Waals surface area contributed by atoms with Gasteiger partial charge in [0.15, 0.2) is 11.5 Å². The highest BCUT2D eigenvalue weighted by Crippen LogP contribution is 2.30. The number of nitriles is 1. The first-order valence-electron chi connectivity index (χ1n) is 5.67. The Morgan fingerprint density at radius 2 is 2.06 bits per heavy atom. The van der Waals surface area contributed by atoms with E-state index in [0.29, 0.717) is 18.1 Å². The van der Waals surface area contributed by atoms with Gasteiger partial charge in [-0.25, -0.2) is 0 Å². The highest BCUT2D eigenvalue weighted by molar-refractivity contribution is 5.44. The molecule has 17 heavy (non-hydrogen) atoms. The standard InChI is InChI=1S/C13H18N2O2/c1-4-16-13-7-10(11(15)8-14)5-6-12(13)17-9(2)3/h5-7,9,11H,4,15H2,1-3H3/t11-/m0/s1. The highest BCUT2D eigenvalue weighted by atomic mass is 16.5. The van der Waals surface area contributed by atoms with Gasteiger partial charge in [0.05, 0.1) is 18.8 Å². The lowest BCUT2D eigenvalue weighted by atomic mass is 10.1. The minimum Gasteiger partial charge on any atom is -0.490 e. The van der Waals surface area contributed by atoms with Gasteiger partial charge in [0, 0.05) is 0 Å². The predicted octanol–water partition coefficient (Wildman–Crippen LogP) is 2.40. The van der Waals surface area contributed by atoms with E-state index in [1.54, 1.807) is 18.2 Å². The van der Waals surface area contributed by atoms with E-state index in [1.165, 1.54) is 0 Å². The Morgan fingerprint density at radius 1 is 1.35 bits per heavy atom.